The van der Waals surface area contributed by atoms with Crippen molar-refractivity contribution in [2.75, 3.05) is 7.11 Å². The van der Waals surface area contributed by atoms with Crippen molar-refractivity contribution in [3.05, 3.63) is 89.7 Å². The van der Waals surface area contributed by atoms with Gasteiger partial charge in [0.05, 0.1) is 23.7 Å². The van der Waals surface area contributed by atoms with Gasteiger partial charge in [0.1, 0.15) is 23.9 Å². The van der Waals surface area contributed by atoms with Gasteiger partial charge in [-0.15, -0.1) is 0 Å². The Morgan fingerprint density at radius 3 is 2.62 bits per heavy atom. The summed E-state index contributed by atoms with van der Waals surface area (Å²) in [6.07, 6.45) is 0. The molecule has 0 bridgehead atoms. The van der Waals surface area contributed by atoms with Crippen LogP contribution in [0.1, 0.15) is 21.7 Å². The molecule has 0 saturated carbocycles. The number of hydrogen-bond acceptors (Lipinski definition) is 4. The first kappa shape index (κ1) is 18.6. The second-order valence-electron chi connectivity index (χ2n) is 6.58. The maximum Gasteiger partial charge on any atom is 0.335 e. The highest BCUT2D eigenvalue weighted by molar-refractivity contribution is 5.88. The lowest BCUT2D eigenvalue weighted by atomic mass is 10.2. The molecule has 29 heavy (non-hydrogen) atoms. The number of para-hydroxylation sites is 2. The molecule has 0 aliphatic heterocycles. The maximum absolute atomic E-state index is 11.2. The molecule has 1 heterocycles. The predicted molar refractivity (Wildman–Crippen MR) is 110 cm³/mol. The van der Waals surface area contributed by atoms with E-state index in [9.17, 15) is 4.79 Å². The quantitative estimate of drug-likeness (QED) is 0.509. The molecule has 6 nitrogen and oxygen atoms in total. The van der Waals surface area contributed by atoms with Gasteiger partial charge in [-0.1, -0.05) is 30.3 Å². The van der Waals surface area contributed by atoms with Gasteiger partial charge in [-0.2, -0.15) is 0 Å². The van der Waals surface area contributed by atoms with E-state index in [0.29, 0.717) is 12.3 Å². The molecule has 6 heteroatoms. The number of nitrogens with zero attached hydrogens (tertiary/aromatic N) is 2. The summed E-state index contributed by atoms with van der Waals surface area (Å²) in [6, 6.07) is 22.3. The Labute approximate surface area is 168 Å². The fourth-order valence-corrected chi connectivity index (χ4v) is 3.23. The molecule has 0 saturated heterocycles. The molecule has 146 valence electrons. The van der Waals surface area contributed by atoms with Crippen molar-refractivity contribution < 1.29 is 19.4 Å². The normalized spacial score (nSPS) is 10.8. The van der Waals surface area contributed by atoms with Gasteiger partial charge in [0.25, 0.3) is 0 Å². The summed E-state index contributed by atoms with van der Waals surface area (Å²) >= 11 is 0. The van der Waals surface area contributed by atoms with Crippen LogP contribution in [0.25, 0.3) is 11.0 Å². The van der Waals surface area contributed by atoms with Crippen LogP contribution in [-0.2, 0) is 13.2 Å². The summed E-state index contributed by atoms with van der Waals surface area (Å²) < 4.78 is 13.3. The van der Waals surface area contributed by atoms with E-state index in [-0.39, 0.29) is 12.2 Å². The molecular weight excluding hydrogens is 368 g/mol. The molecule has 1 N–H and O–H groups in total. The third kappa shape index (κ3) is 4.06. The fraction of sp³-hybridized carbons (Fsp3) is 0.130. The zero-order valence-electron chi connectivity index (χ0n) is 15.9. The monoisotopic (exact) mass is 388 g/mol. The molecule has 0 fully saturated rings. The second kappa shape index (κ2) is 8.06. The third-order valence-electron chi connectivity index (χ3n) is 4.66. The number of fused-ring (bicyclic) bond motifs is 1. The van der Waals surface area contributed by atoms with Crippen LogP contribution in [0.4, 0.5) is 0 Å². The van der Waals surface area contributed by atoms with E-state index in [2.05, 4.69) is 4.57 Å². The molecule has 0 atom stereocenters. The zero-order chi connectivity index (χ0) is 20.2. The lowest BCUT2D eigenvalue weighted by Gasteiger charge is -2.12. The van der Waals surface area contributed by atoms with Crippen molar-refractivity contribution in [2.45, 2.75) is 13.2 Å². The Hall–Kier alpha value is -3.80. The van der Waals surface area contributed by atoms with Gasteiger partial charge in [-0.05, 0) is 48.0 Å². The van der Waals surface area contributed by atoms with Gasteiger partial charge in [0.15, 0.2) is 0 Å². The highest BCUT2D eigenvalue weighted by Gasteiger charge is 2.13. The minimum atomic E-state index is -0.985. The smallest absolute Gasteiger partial charge is 0.335 e. The molecule has 0 unspecified atom stereocenters. The van der Waals surface area contributed by atoms with Crippen LogP contribution in [0, 0.1) is 0 Å². The summed E-state index contributed by atoms with van der Waals surface area (Å²) in [5, 5.41) is 9.16. The van der Waals surface area contributed by atoms with Crippen LogP contribution in [0.15, 0.2) is 72.8 Å². The van der Waals surface area contributed by atoms with Crippen molar-refractivity contribution >= 4 is 17.0 Å². The minimum Gasteiger partial charge on any atom is -0.497 e. The molecule has 0 radical (unpaired) electrons. The second-order valence-corrected chi connectivity index (χ2v) is 6.58. The summed E-state index contributed by atoms with van der Waals surface area (Å²) in [6.45, 7) is 0.841. The number of rotatable bonds is 7. The maximum atomic E-state index is 11.2. The number of methoxy groups -OCH3 is 1. The molecule has 0 aliphatic rings. The number of aromatic nitrogens is 2. The van der Waals surface area contributed by atoms with Crippen LogP contribution in [0.3, 0.4) is 0 Å². The molecule has 0 amide bonds. The average molecular weight is 388 g/mol. The Kier molecular flexibility index (Phi) is 5.16. The summed E-state index contributed by atoms with van der Waals surface area (Å²) in [5.74, 6) is 1.07. The first-order chi connectivity index (χ1) is 14.1. The molecule has 0 spiro atoms. The van der Waals surface area contributed by atoms with Gasteiger partial charge in [0, 0.05) is 6.54 Å². The Balaban J connectivity index is 1.64. The Bertz CT molecular complexity index is 1170. The standard InChI is InChI=1S/C23H20N2O4/c1-28-18-8-4-6-16(12-18)14-25-21-11-3-2-10-20(21)24-22(25)15-29-19-9-5-7-17(13-19)23(26)27/h2-13H,14-15H2,1H3,(H,26,27). The van der Waals surface area contributed by atoms with Gasteiger partial charge in [-0.25, -0.2) is 9.78 Å². The molecule has 1 aromatic heterocycles. The van der Waals surface area contributed by atoms with E-state index < -0.39 is 5.97 Å². The van der Waals surface area contributed by atoms with Gasteiger partial charge in [0.2, 0.25) is 0 Å². The van der Waals surface area contributed by atoms with E-state index in [4.69, 9.17) is 19.6 Å². The summed E-state index contributed by atoms with van der Waals surface area (Å²) in [4.78, 5) is 15.9. The van der Waals surface area contributed by atoms with E-state index >= 15 is 0 Å². The highest BCUT2D eigenvalue weighted by atomic mass is 16.5. The van der Waals surface area contributed by atoms with Crippen molar-refractivity contribution in [3.8, 4) is 11.5 Å². The Morgan fingerprint density at radius 1 is 1.00 bits per heavy atom. The number of carboxylic acids is 1. The molecule has 3 aromatic carbocycles. The number of carbonyl (C=O) groups is 1. The number of carboxylic acid groups (broad SMARTS) is 1. The van der Waals surface area contributed by atoms with Gasteiger partial charge in [-0.3, -0.25) is 0 Å². The zero-order valence-corrected chi connectivity index (χ0v) is 15.9. The number of ether oxygens (including phenoxy) is 2. The molecular formula is C23H20N2O4. The Morgan fingerprint density at radius 2 is 1.79 bits per heavy atom. The molecule has 0 aliphatic carbocycles. The topological polar surface area (TPSA) is 73.6 Å². The van der Waals surface area contributed by atoms with Gasteiger partial charge >= 0.3 is 5.97 Å². The van der Waals surface area contributed by atoms with E-state index in [1.165, 1.54) is 12.1 Å². The largest absolute Gasteiger partial charge is 0.497 e. The number of hydrogen-bond donors (Lipinski definition) is 1. The van der Waals surface area contributed by atoms with Crippen molar-refractivity contribution in [2.24, 2.45) is 0 Å². The first-order valence-electron chi connectivity index (χ1n) is 9.17. The van der Waals surface area contributed by atoms with Crippen LogP contribution in [-0.4, -0.2) is 27.7 Å². The van der Waals surface area contributed by atoms with E-state index in [1.807, 2.05) is 48.5 Å². The number of imidazole rings is 1. The van der Waals surface area contributed by atoms with E-state index in [0.717, 1.165) is 28.2 Å². The minimum absolute atomic E-state index is 0.187. The predicted octanol–water partition coefficient (Wildman–Crippen LogP) is 4.37. The van der Waals surface area contributed by atoms with Gasteiger partial charge < -0.3 is 19.1 Å². The van der Waals surface area contributed by atoms with E-state index in [1.54, 1.807) is 19.2 Å². The number of benzene rings is 3. The molecule has 4 aromatic rings. The highest BCUT2D eigenvalue weighted by Crippen LogP contribution is 2.22. The fourth-order valence-electron chi connectivity index (χ4n) is 3.23. The van der Waals surface area contributed by atoms with Crippen LogP contribution < -0.4 is 9.47 Å². The summed E-state index contributed by atoms with van der Waals surface area (Å²) in [5.41, 5.74) is 3.16. The molecule has 4 rings (SSSR count). The first-order valence-corrected chi connectivity index (χ1v) is 9.17. The van der Waals surface area contributed by atoms with Crippen LogP contribution in [0.5, 0.6) is 11.5 Å². The SMILES string of the molecule is COc1cccc(Cn2c(COc3cccc(C(=O)O)c3)nc3ccccc32)c1. The lowest BCUT2D eigenvalue weighted by Crippen LogP contribution is -2.09. The summed E-state index contributed by atoms with van der Waals surface area (Å²) in [7, 11) is 1.65. The third-order valence-corrected chi connectivity index (χ3v) is 4.66. The lowest BCUT2D eigenvalue weighted by molar-refractivity contribution is 0.0696. The average Bonchev–Trinajstić information content (AvgIpc) is 3.10. The van der Waals surface area contributed by atoms with Crippen molar-refractivity contribution in [1.82, 2.24) is 9.55 Å². The van der Waals surface area contributed by atoms with Crippen LogP contribution >= 0.6 is 0 Å². The van der Waals surface area contributed by atoms with Crippen molar-refractivity contribution in [3.63, 3.8) is 0 Å². The van der Waals surface area contributed by atoms with Crippen molar-refractivity contribution in [1.29, 1.82) is 0 Å². The van der Waals surface area contributed by atoms with Crippen LogP contribution in [0.2, 0.25) is 0 Å². The number of aromatic carboxylic acids is 1.